The minimum atomic E-state index is -0.275. The highest BCUT2D eigenvalue weighted by Gasteiger charge is 2.09. The molecule has 98 valence electrons. The van der Waals surface area contributed by atoms with Crippen LogP contribution in [-0.4, -0.2) is 11.0 Å². The van der Waals surface area contributed by atoms with Crippen molar-refractivity contribution in [1.29, 1.82) is 0 Å². The summed E-state index contributed by atoms with van der Waals surface area (Å²) in [4.78, 5) is 11.9. The fourth-order valence-electron chi connectivity index (χ4n) is 1.69. The fraction of sp³-hybridized carbons (Fsp3) is 0.133. The van der Waals surface area contributed by atoms with Gasteiger partial charge in [-0.25, -0.2) is 0 Å². The van der Waals surface area contributed by atoms with Crippen molar-refractivity contribution in [3.05, 3.63) is 65.2 Å². The number of halogens is 1. The number of carbonyl (C=O) groups excluding carboxylic acids is 1. The van der Waals surface area contributed by atoms with Crippen LogP contribution < -0.4 is 5.32 Å². The van der Waals surface area contributed by atoms with Crippen LogP contribution in [0.3, 0.4) is 0 Å². The van der Waals surface area contributed by atoms with E-state index >= 15 is 0 Å². The standard InChI is InChI=1S/C15H14BrNO2/c16-9-11-5-7-12(8-6-11)10-17-15(19)13-3-1-2-4-14(13)18/h1-8,18H,9-10H2,(H,17,19). The summed E-state index contributed by atoms with van der Waals surface area (Å²) < 4.78 is 0. The minimum Gasteiger partial charge on any atom is -0.507 e. The van der Waals surface area contributed by atoms with E-state index in [9.17, 15) is 9.90 Å². The summed E-state index contributed by atoms with van der Waals surface area (Å²) in [5.74, 6) is -0.280. The van der Waals surface area contributed by atoms with Crippen LogP contribution >= 0.6 is 15.9 Å². The van der Waals surface area contributed by atoms with Crippen LogP contribution in [0, 0.1) is 0 Å². The number of amides is 1. The van der Waals surface area contributed by atoms with Crippen molar-refractivity contribution in [3.8, 4) is 5.75 Å². The molecule has 0 saturated carbocycles. The summed E-state index contributed by atoms with van der Waals surface area (Å²) in [6.45, 7) is 0.440. The summed E-state index contributed by atoms with van der Waals surface area (Å²) >= 11 is 3.39. The Balaban J connectivity index is 1.98. The van der Waals surface area contributed by atoms with E-state index < -0.39 is 0 Å². The molecule has 0 radical (unpaired) electrons. The van der Waals surface area contributed by atoms with Gasteiger partial charge in [0.15, 0.2) is 0 Å². The Morgan fingerprint density at radius 2 is 1.68 bits per heavy atom. The van der Waals surface area contributed by atoms with Gasteiger partial charge in [-0.05, 0) is 23.3 Å². The number of alkyl halides is 1. The molecule has 0 atom stereocenters. The number of phenolic OH excluding ortho intramolecular Hbond substituents is 1. The van der Waals surface area contributed by atoms with E-state index in [1.54, 1.807) is 18.2 Å². The molecule has 2 N–H and O–H groups in total. The third-order valence-corrected chi connectivity index (χ3v) is 3.43. The normalized spacial score (nSPS) is 10.2. The van der Waals surface area contributed by atoms with Gasteiger partial charge in [-0.15, -0.1) is 0 Å². The Hall–Kier alpha value is -1.81. The number of carbonyl (C=O) groups is 1. The molecule has 0 fully saturated rings. The molecule has 0 aliphatic rings. The Morgan fingerprint density at radius 3 is 2.32 bits per heavy atom. The molecular weight excluding hydrogens is 306 g/mol. The summed E-state index contributed by atoms with van der Waals surface area (Å²) in [7, 11) is 0. The van der Waals surface area contributed by atoms with Crippen LogP contribution in [0.1, 0.15) is 21.5 Å². The number of hydrogen-bond donors (Lipinski definition) is 2. The first-order chi connectivity index (χ1) is 9.20. The molecule has 2 aromatic carbocycles. The van der Waals surface area contributed by atoms with E-state index in [4.69, 9.17) is 0 Å². The number of rotatable bonds is 4. The first-order valence-corrected chi connectivity index (χ1v) is 7.03. The van der Waals surface area contributed by atoms with Crippen LogP contribution in [-0.2, 0) is 11.9 Å². The molecule has 2 aromatic rings. The summed E-state index contributed by atoms with van der Waals surface area (Å²) in [5.41, 5.74) is 2.50. The molecule has 0 bridgehead atoms. The topological polar surface area (TPSA) is 49.3 Å². The lowest BCUT2D eigenvalue weighted by Gasteiger charge is -2.07. The van der Waals surface area contributed by atoms with Gasteiger partial charge < -0.3 is 10.4 Å². The van der Waals surface area contributed by atoms with Crippen LogP contribution in [0.4, 0.5) is 0 Å². The molecule has 0 aliphatic carbocycles. The second-order valence-corrected chi connectivity index (χ2v) is 4.71. The maximum absolute atomic E-state index is 11.9. The molecule has 1 amide bonds. The van der Waals surface area contributed by atoms with E-state index in [1.165, 1.54) is 11.6 Å². The van der Waals surface area contributed by atoms with E-state index in [0.29, 0.717) is 12.1 Å². The zero-order valence-corrected chi connectivity index (χ0v) is 11.9. The van der Waals surface area contributed by atoms with Crippen LogP contribution in [0.2, 0.25) is 0 Å². The van der Waals surface area contributed by atoms with Gasteiger partial charge in [0, 0.05) is 11.9 Å². The van der Waals surface area contributed by atoms with Crippen LogP contribution in [0.15, 0.2) is 48.5 Å². The van der Waals surface area contributed by atoms with Gasteiger partial charge in [-0.3, -0.25) is 4.79 Å². The highest BCUT2D eigenvalue weighted by atomic mass is 79.9. The first kappa shape index (κ1) is 13.6. The molecule has 0 spiro atoms. The Morgan fingerprint density at radius 1 is 1.05 bits per heavy atom. The molecule has 0 aromatic heterocycles. The van der Waals surface area contributed by atoms with Crippen molar-refractivity contribution in [3.63, 3.8) is 0 Å². The molecule has 0 aliphatic heterocycles. The van der Waals surface area contributed by atoms with Gasteiger partial charge in [-0.2, -0.15) is 0 Å². The lowest BCUT2D eigenvalue weighted by Crippen LogP contribution is -2.22. The van der Waals surface area contributed by atoms with E-state index in [0.717, 1.165) is 10.9 Å². The SMILES string of the molecule is O=C(NCc1ccc(CBr)cc1)c1ccccc1O. The monoisotopic (exact) mass is 319 g/mol. The number of phenols is 1. The van der Waals surface area contributed by atoms with Gasteiger partial charge in [0.25, 0.3) is 5.91 Å². The highest BCUT2D eigenvalue weighted by molar-refractivity contribution is 9.08. The summed E-state index contributed by atoms with van der Waals surface area (Å²) in [5, 5.41) is 13.2. The highest BCUT2D eigenvalue weighted by Crippen LogP contribution is 2.15. The van der Waals surface area contributed by atoms with E-state index in [1.807, 2.05) is 24.3 Å². The van der Waals surface area contributed by atoms with Crippen molar-refractivity contribution in [2.75, 3.05) is 0 Å². The molecule has 2 rings (SSSR count). The van der Waals surface area contributed by atoms with Crippen molar-refractivity contribution in [2.45, 2.75) is 11.9 Å². The van der Waals surface area contributed by atoms with Gasteiger partial charge in [-0.1, -0.05) is 52.3 Å². The fourth-order valence-corrected chi connectivity index (χ4v) is 2.06. The second kappa shape index (κ2) is 6.38. The molecular formula is C15H14BrNO2. The van der Waals surface area contributed by atoms with Crippen LogP contribution in [0.25, 0.3) is 0 Å². The number of nitrogens with one attached hydrogen (secondary N) is 1. The lowest BCUT2D eigenvalue weighted by atomic mass is 10.1. The molecule has 0 saturated heterocycles. The largest absolute Gasteiger partial charge is 0.507 e. The first-order valence-electron chi connectivity index (χ1n) is 5.90. The predicted molar refractivity (Wildman–Crippen MR) is 78.4 cm³/mol. The Labute approximate surface area is 120 Å². The molecule has 4 heteroatoms. The van der Waals surface area contributed by atoms with Crippen molar-refractivity contribution < 1.29 is 9.90 Å². The molecule has 0 heterocycles. The Bertz CT molecular complexity index is 567. The number of benzene rings is 2. The molecule has 19 heavy (non-hydrogen) atoms. The van der Waals surface area contributed by atoms with Crippen LogP contribution in [0.5, 0.6) is 5.75 Å². The van der Waals surface area contributed by atoms with Gasteiger partial charge in [0.1, 0.15) is 5.75 Å². The summed E-state index contributed by atoms with van der Waals surface area (Å²) in [6.07, 6.45) is 0. The average molecular weight is 320 g/mol. The quantitative estimate of drug-likeness (QED) is 0.850. The zero-order chi connectivity index (χ0) is 13.7. The smallest absolute Gasteiger partial charge is 0.255 e. The molecule has 0 unspecified atom stereocenters. The zero-order valence-electron chi connectivity index (χ0n) is 10.3. The second-order valence-electron chi connectivity index (χ2n) is 4.15. The number of hydrogen-bond acceptors (Lipinski definition) is 2. The van der Waals surface area contributed by atoms with E-state index in [2.05, 4.69) is 21.2 Å². The van der Waals surface area contributed by atoms with Crippen molar-refractivity contribution in [2.24, 2.45) is 0 Å². The van der Waals surface area contributed by atoms with E-state index in [-0.39, 0.29) is 11.7 Å². The number of para-hydroxylation sites is 1. The van der Waals surface area contributed by atoms with Gasteiger partial charge in [0.05, 0.1) is 5.56 Å². The van der Waals surface area contributed by atoms with Crippen molar-refractivity contribution >= 4 is 21.8 Å². The molecule has 3 nitrogen and oxygen atoms in total. The van der Waals surface area contributed by atoms with Gasteiger partial charge >= 0.3 is 0 Å². The third kappa shape index (κ3) is 3.58. The maximum atomic E-state index is 11.9. The van der Waals surface area contributed by atoms with Gasteiger partial charge in [0.2, 0.25) is 0 Å². The minimum absolute atomic E-state index is 0.00497. The lowest BCUT2D eigenvalue weighted by molar-refractivity contribution is 0.0948. The Kier molecular flexibility index (Phi) is 4.58. The van der Waals surface area contributed by atoms with Crippen molar-refractivity contribution in [1.82, 2.24) is 5.32 Å². The average Bonchev–Trinajstić information content (AvgIpc) is 2.46. The third-order valence-electron chi connectivity index (χ3n) is 2.78. The summed E-state index contributed by atoms with van der Waals surface area (Å²) in [6, 6.07) is 14.5. The predicted octanol–water partition coefficient (Wildman–Crippen LogP) is 3.22. The number of aromatic hydroxyl groups is 1. The maximum Gasteiger partial charge on any atom is 0.255 e.